The van der Waals surface area contributed by atoms with E-state index in [0.717, 1.165) is 11.7 Å². The highest BCUT2D eigenvalue weighted by molar-refractivity contribution is 6.18. The first-order chi connectivity index (χ1) is 15.8. The summed E-state index contributed by atoms with van der Waals surface area (Å²) in [5.74, 6) is 0.691. The molecule has 0 aliphatic carbocycles. The molecule has 1 aliphatic heterocycles. The molecule has 0 saturated carbocycles. The predicted octanol–water partition coefficient (Wildman–Crippen LogP) is 9.82. The minimum absolute atomic E-state index is 0.691. The molecule has 32 heavy (non-hydrogen) atoms. The molecule has 0 N–H and O–H groups in total. The second-order valence-electron chi connectivity index (χ2n) is 9.70. The molecule has 178 valence electrons. The quantitative estimate of drug-likeness (QED) is 0.143. The summed E-state index contributed by atoms with van der Waals surface area (Å²) in [5, 5.41) is 0. The predicted molar refractivity (Wildman–Crippen MR) is 143 cm³/mol. The molecule has 1 aliphatic rings. The fourth-order valence-corrected chi connectivity index (χ4v) is 4.84. The Kier molecular flexibility index (Phi) is 14.9. The largest absolute Gasteiger partial charge is 0.243 e. The van der Waals surface area contributed by atoms with E-state index in [1.165, 1.54) is 121 Å². The fraction of sp³-hybridized carbons (Fsp3) is 0.700. The van der Waals surface area contributed by atoms with E-state index in [1.807, 2.05) is 0 Å². The minimum Gasteiger partial charge on any atom is -0.147 e. The fourth-order valence-electron chi connectivity index (χ4n) is 4.84. The van der Waals surface area contributed by atoms with E-state index in [4.69, 9.17) is 0 Å². The van der Waals surface area contributed by atoms with Crippen molar-refractivity contribution in [3.8, 4) is 0 Å². The van der Waals surface area contributed by atoms with E-state index in [0.29, 0.717) is 5.92 Å². The Morgan fingerprint density at radius 3 is 1.47 bits per heavy atom. The SMILES string of the molecule is CCCCCCCCCCCCCCCCCCC(CC)c1ccc([C+]2N=CC=N2)cc1. The van der Waals surface area contributed by atoms with Crippen molar-refractivity contribution in [2.75, 3.05) is 0 Å². The highest BCUT2D eigenvalue weighted by atomic mass is 15.0. The van der Waals surface area contributed by atoms with Crippen LogP contribution in [0.4, 0.5) is 0 Å². The molecule has 1 aromatic rings. The summed E-state index contributed by atoms with van der Waals surface area (Å²) in [4.78, 5) is 8.59. The second kappa shape index (κ2) is 17.9. The number of rotatable bonds is 20. The molecule has 0 spiro atoms. The van der Waals surface area contributed by atoms with Gasteiger partial charge < -0.3 is 0 Å². The molecule has 1 unspecified atom stereocenters. The molecule has 2 heteroatoms. The summed E-state index contributed by atoms with van der Waals surface area (Å²) in [6.45, 7) is 4.62. The third-order valence-corrected chi connectivity index (χ3v) is 7.00. The number of aliphatic imine (C=N–C) groups is 2. The average Bonchev–Trinajstić information content (AvgIpc) is 3.36. The molecule has 1 atom stereocenters. The van der Waals surface area contributed by atoms with Crippen molar-refractivity contribution >= 4 is 12.4 Å². The molecule has 1 heterocycles. The molecule has 0 aromatic heterocycles. The number of unbranched alkanes of at least 4 members (excludes halogenated alkanes) is 15. The van der Waals surface area contributed by atoms with Gasteiger partial charge in [-0.2, -0.15) is 0 Å². The Hall–Kier alpha value is -1.57. The molecule has 0 radical (unpaired) electrons. The van der Waals surface area contributed by atoms with Crippen LogP contribution in [0.1, 0.15) is 146 Å². The molecular formula is C30H49N2+. The number of hydrogen-bond acceptors (Lipinski definition) is 2. The monoisotopic (exact) mass is 437 g/mol. The lowest BCUT2D eigenvalue weighted by atomic mass is 9.90. The Morgan fingerprint density at radius 1 is 0.594 bits per heavy atom. The van der Waals surface area contributed by atoms with Crippen LogP contribution in [0, 0.1) is 6.17 Å². The third-order valence-electron chi connectivity index (χ3n) is 7.00. The number of hydrogen-bond donors (Lipinski definition) is 0. The van der Waals surface area contributed by atoms with Gasteiger partial charge in [-0.1, -0.05) is 117 Å². The highest BCUT2D eigenvalue weighted by Gasteiger charge is 2.18. The van der Waals surface area contributed by atoms with Crippen molar-refractivity contribution in [3.63, 3.8) is 0 Å². The van der Waals surface area contributed by atoms with Crippen LogP contribution >= 0.6 is 0 Å². The normalized spacial score (nSPS) is 13.9. The lowest BCUT2D eigenvalue weighted by molar-refractivity contribution is 0.511. The lowest BCUT2D eigenvalue weighted by Gasteiger charge is -2.15. The van der Waals surface area contributed by atoms with Gasteiger partial charge in [0.1, 0.15) is 18.0 Å². The Balaban J connectivity index is 1.41. The van der Waals surface area contributed by atoms with Crippen LogP contribution in [0.15, 0.2) is 34.3 Å². The molecule has 0 fully saturated rings. The first kappa shape index (κ1) is 26.7. The maximum Gasteiger partial charge on any atom is 0.243 e. The lowest BCUT2D eigenvalue weighted by Crippen LogP contribution is -1.99. The summed E-state index contributed by atoms with van der Waals surface area (Å²) in [6.07, 6.45) is 29.9. The van der Waals surface area contributed by atoms with Crippen LogP contribution < -0.4 is 0 Å². The smallest absolute Gasteiger partial charge is 0.147 e. The third kappa shape index (κ3) is 11.3. The van der Waals surface area contributed by atoms with Gasteiger partial charge in [0.15, 0.2) is 0 Å². The van der Waals surface area contributed by atoms with Gasteiger partial charge in [0.2, 0.25) is 6.17 Å². The van der Waals surface area contributed by atoms with Gasteiger partial charge in [0, 0.05) is 12.1 Å². The topological polar surface area (TPSA) is 24.7 Å². The number of benzene rings is 1. The van der Waals surface area contributed by atoms with Crippen LogP contribution in [0.5, 0.6) is 0 Å². The van der Waals surface area contributed by atoms with E-state index >= 15 is 0 Å². The van der Waals surface area contributed by atoms with Gasteiger partial charge in [-0.05, 0) is 36.5 Å². The van der Waals surface area contributed by atoms with Crippen molar-refractivity contribution in [1.82, 2.24) is 0 Å². The summed E-state index contributed by atoms with van der Waals surface area (Å²) < 4.78 is 0. The highest BCUT2D eigenvalue weighted by Crippen LogP contribution is 2.28. The second-order valence-corrected chi connectivity index (χ2v) is 9.70. The van der Waals surface area contributed by atoms with E-state index in [2.05, 4.69) is 48.1 Å². The molecule has 1 aromatic carbocycles. The van der Waals surface area contributed by atoms with Crippen molar-refractivity contribution in [2.24, 2.45) is 9.98 Å². The van der Waals surface area contributed by atoms with Gasteiger partial charge >= 0.3 is 0 Å². The van der Waals surface area contributed by atoms with Gasteiger partial charge in [-0.25, -0.2) is 0 Å². The standard InChI is InChI=1S/C30H49N2/c1-3-5-6-7-8-9-10-11-12-13-14-15-16-17-18-19-20-27(4-2)28-21-23-29(24-22-28)30-31-25-26-32-30/h21-27H,3-20H2,1-2H3/q+1. The van der Waals surface area contributed by atoms with Gasteiger partial charge in [-0.15, -0.1) is 9.98 Å². The Labute approximate surface area is 199 Å². The van der Waals surface area contributed by atoms with Gasteiger partial charge in [-0.3, -0.25) is 0 Å². The van der Waals surface area contributed by atoms with E-state index in [9.17, 15) is 0 Å². The molecule has 2 nitrogen and oxygen atoms in total. The van der Waals surface area contributed by atoms with Crippen LogP contribution in [0.3, 0.4) is 0 Å². The van der Waals surface area contributed by atoms with Crippen molar-refractivity contribution in [2.45, 2.75) is 135 Å². The zero-order valence-corrected chi connectivity index (χ0v) is 21.2. The van der Waals surface area contributed by atoms with E-state index in [-0.39, 0.29) is 0 Å². The molecule has 2 rings (SSSR count). The van der Waals surface area contributed by atoms with Crippen molar-refractivity contribution in [3.05, 3.63) is 41.6 Å². The zero-order chi connectivity index (χ0) is 22.7. The summed E-state index contributed by atoms with van der Waals surface area (Å²) in [6, 6.07) is 8.93. The number of nitrogens with zero attached hydrogens (tertiary/aromatic N) is 2. The average molecular weight is 438 g/mol. The summed E-state index contributed by atoms with van der Waals surface area (Å²) in [7, 11) is 0. The zero-order valence-electron chi connectivity index (χ0n) is 21.2. The first-order valence-corrected chi connectivity index (χ1v) is 13.9. The first-order valence-electron chi connectivity index (χ1n) is 13.9. The van der Waals surface area contributed by atoms with Crippen molar-refractivity contribution in [1.29, 1.82) is 0 Å². The van der Waals surface area contributed by atoms with E-state index < -0.39 is 0 Å². The van der Waals surface area contributed by atoms with E-state index in [1.54, 1.807) is 12.4 Å². The van der Waals surface area contributed by atoms with Gasteiger partial charge in [0.05, 0.1) is 0 Å². The van der Waals surface area contributed by atoms with Crippen LogP contribution in [-0.2, 0) is 0 Å². The Bertz CT molecular complexity index is 604. The molecule has 0 bridgehead atoms. The summed E-state index contributed by atoms with van der Waals surface area (Å²) in [5.41, 5.74) is 2.60. The maximum atomic E-state index is 4.29. The van der Waals surface area contributed by atoms with Crippen molar-refractivity contribution < 1.29 is 0 Å². The Morgan fingerprint density at radius 2 is 1.03 bits per heavy atom. The van der Waals surface area contributed by atoms with Gasteiger partial charge in [0.25, 0.3) is 0 Å². The maximum absolute atomic E-state index is 4.29. The van der Waals surface area contributed by atoms with Crippen LogP contribution in [-0.4, -0.2) is 12.4 Å². The summed E-state index contributed by atoms with van der Waals surface area (Å²) >= 11 is 0. The minimum atomic E-state index is 0.691. The van der Waals surface area contributed by atoms with Crippen LogP contribution in [0.2, 0.25) is 0 Å². The van der Waals surface area contributed by atoms with Crippen LogP contribution in [0.25, 0.3) is 0 Å². The molecule has 0 amide bonds. The molecular weight excluding hydrogens is 388 g/mol. The molecule has 0 saturated heterocycles.